The Hall–Kier alpha value is -2.91. The van der Waals surface area contributed by atoms with Crippen LogP contribution < -0.4 is 4.74 Å². The van der Waals surface area contributed by atoms with Crippen LogP contribution in [0.3, 0.4) is 0 Å². The first-order valence-corrected chi connectivity index (χ1v) is 8.45. The van der Waals surface area contributed by atoms with E-state index in [-0.39, 0.29) is 11.7 Å². The molecule has 0 spiro atoms. The molecule has 5 nitrogen and oxygen atoms in total. The number of amides is 1. The second kappa shape index (κ2) is 7.98. The average molecular weight is 353 g/mol. The second-order valence-corrected chi connectivity index (χ2v) is 6.14. The average Bonchev–Trinajstić information content (AvgIpc) is 2.70. The molecule has 1 fully saturated rings. The summed E-state index contributed by atoms with van der Waals surface area (Å²) >= 11 is 0. The van der Waals surface area contributed by atoms with E-state index >= 15 is 0 Å². The van der Waals surface area contributed by atoms with Crippen LogP contribution in [0.15, 0.2) is 48.5 Å². The van der Waals surface area contributed by atoms with Crippen LogP contribution in [0.1, 0.15) is 22.0 Å². The number of nitriles is 1. The fourth-order valence-corrected chi connectivity index (χ4v) is 3.11. The molecule has 0 radical (unpaired) electrons. The first kappa shape index (κ1) is 17.9. The van der Waals surface area contributed by atoms with E-state index < -0.39 is 6.04 Å². The largest absolute Gasteiger partial charge is 0.497 e. The Morgan fingerprint density at radius 3 is 2.23 bits per heavy atom. The zero-order valence-electron chi connectivity index (χ0n) is 14.6. The zero-order valence-corrected chi connectivity index (χ0v) is 14.6. The minimum Gasteiger partial charge on any atom is -0.497 e. The van der Waals surface area contributed by atoms with E-state index in [0.717, 1.165) is 5.56 Å². The van der Waals surface area contributed by atoms with Gasteiger partial charge in [-0.05, 0) is 42.0 Å². The smallest absolute Gasteiger partial charge is 0.253 e. The Balaban J connectivity index is 1.63. The van der Waals surface area contributed by atoms with E-state index in [1.807, 2.05) is 4.90 Å². The van der Waals surface area contributed by atoms with Crippen molar-refractivity contribution in [3.8, 4) is 11.8 Å². The molecule has 3 rings (SSSR count). The highest BCUT2D eigenvalue weighted by molar-refractivity contribution is 5.94. The number of methoxy groups -OCH3 is 1. The summed E-state index contributed by atoms with van der Waals surface area (Å²) in [6.07, 6.45) is 0. The summed E-state index contributed by atoms with van der Waals surface area (Å²) in [6, 6.07) is 14.9. The van der Waals surface area contributed by atoms with Gasteiger partial charge in [-0.3, -0.25) is 9.69 Å². The Labute approximate surface area is 152 Å². The zero-order chi connectivity index (χ0) is 18.5. The maximum absolute atomic E-state index is 13.1. The van der Waals surface area contributed by atoms with Gasteiger partial charge in [0.05, 0.1) is 13.2 Å². The van der Waals surface area contributed by atoms with Crippen molar-refractivity contribution < 1.29 is 13.9 Å². The molecule has 0 saturated carbocycles. The van der Waals surface area contributed by atoms with E-state index in [2.05, 4.69) is 6.07 Å². The lowest BCUT2D eigenvalue weighted by molar-refractivity contribution is 0.0606. The molecular weight excluding hydrogens is 333 g/mol. The molecular formula is C20H20FN3O2. The number of piperazine rings is 1. The van der Waals surface area contributed by atoms with Gasteiger partial charge in [0.15, 0.2) is 0 Å². The topological polar surface area (TPSA) is 56.6 Å². The van der Waals surface area contributed by atoms with Crippen LogP contribution in [0.4, 0.5) is 4.39 Å². The number of nitrogens with zero attached hydrogens (tertiary/aromatic N) is 3. The fourth-order valence-electron chi connectivity index (χ4n) is 3.11. The summed E-state index contributed by atoms with van der Waals surface area (Å²) in [5, 5.41) is 9.53. The van der Waals surface area contributed by atoms with Gasteiger partial charge < -0.3 is 9.64 Å². The summed E-state index contributed by atoms with van der Waals surface area (Å²) in [7, 11) is 1.59. The Morgan fingerprint density at radius 1 is 1.08 bits per heavy atom. The third-order valence-corrected chi connectivity index (χ3v) is 4.61. The van der Waals surface area contributed by atoms with Crippen molar-refractivity contribution in [2.75, 3.05) is 33.3 Å². The van der Waals surface area contributed by atoms with Crippen LogP contribution in [0.25, 0.3) is 0 Å². The minimum absolute atomic E-state index is 0.0254. The number of hydrogen-bond acceptors (Lipinski definition) is 4. The monoisotopic (exact) mass is 353 g/mol. The number of carbonyl (C=O) groups is 1. The molecule has 0 N–H and O–H groups in total. The first-order chi connectivity index (χ1) is 12.6. The van der Waals surface area contributed by atoms with E-state index in [4.69, 9.17) is 4.74 Å². The van der Waals surface area contributed by atoms with Gasteiger partial charge in [0, 0.05) is 31.7 Å². The van der Waals surface area contributed by atoms with Gasteiger partial charge in [-0.15, -0.1) is 0 Å². The molecule has 1 saturated heterocycles. The maximum atomic E-state index is 13.1. The predicted molar refractivity (Wildman–Crippen MR) is 95.2 cm³/mol. The van der Waals surface area contributed by atoms with Gasteiger partial charge in [-0.2, -0.15) is 5.26 Å². The van der Waals surface area contributed by atoms with Crippen LogP contribution >= 0.6 is 0 Å². The van der Waals surface area contributed by atoms with Crippen LogP contribution in [-0.4, -0.2) is 49.0 Å². The highest BCUT2D eigenvalue weighted by Crippen LogP contribution is 2.22. The number of halogens is 1. The van der Waals surface area contributed by atoms with E-state index in [0.29, 0.717) is 37.5 Å². The molecule has 1 heterocycles. The molecule has 134 valence electrons. The molecule has 0 bridgehead atoms. The lowest BCUT2D eigenvalue weighted by Crippen LogP contribution is -2.49. The molecule has 26 heavy (non-hydrogen) atoms. The second-order valence-electron chi connectivity index (χ2n) is 6.14. The van der Waals surface area contributed by atoms with E-state index in [1.54, 1.807) is 48.4 Å². The lowest BCUT2D eigenvalue weighted by Gasteiger charge is -2.37. The highest BCUT2D eigenvalue weighted by atomic mass is 19.1. The molecule has 1 unspecified atom stereocenters. The Bertz CT molecular complexity index is 791. The van der Waals surface area contributed by atoms with E-state index in [1.165, 1.54) is 12.1 Å². The number of ether oxygens (including phenoxy) is 1. The van der Waals surface area contributed by atoms with Crippen LogP contribution in [0, 0.1) is 17.1 Å². The molecule has 0 aliphatic carbocycles. The molecule has 1 amide bonds. The summed E-state index contributed by atoms with van der Waals surface area (Å²) in [4.78, 5) is 16.4. The van der Waals surface area contributed by atoms with Gasteiger partial charge in [0.2, 0.25) is 0 Å². The van der Waals surface area contributed by atoms with Crippen molar-refractivity contribution in [2.24, 2.45) is 0 Å². The summed E-state index contributed by atoms with van der Waals surface area (Å²) < 4.78 is 18.2. The Morgan fingerprint density at radius 2 is 1.69 bits per heavy atom. The SMILES string of the molecule is COc1ccc(C(=O)N2CCN(C(C#N)c3ccc(F)cc3)CC2)cc1. The quantitative estimate of drug-likeness (QED) is 0.848. The van der Waals surface area contributed by atoms with Crippen molar-refractivity contribution in [3.05, 3.63) is 65.5 Å². The minimum atomic E-state index is -0.436. The molecule has 2 aromatic carbocycles. The normalized spacial score (nSPS) is 16.0. The number of benzene rings is 2. The number of carbonyl (C=O) groups excluding carboxylic acids is 1. The van der Waals surface area contributed by atoms with Gasteiger partial charge >= 0.3 is 0 Å². The van der Waals surface area contributed by atoms with Crippen LogP contribution in [0.2, 0.25) is 0 Å². The highest BCUT2D eigenvalue weighted by Gasteiger charge is 2.27. The van der Waals surface area contributed by atoms with Gasteiger partial charge in [-0.1, -0.05) is 12.1 Å². The van der Waals surface area contributed by atoms with Crippen LogP contribution in [0.5, 0.6) is 5.75 Å². The van der Waals surface area contributed by atoms with Crippen molar-refractivity contribution in [1.29, 1.82) is 5.26 Å². The standard InChI is InChI=1S/C20H20FN3O2/c1-26-18-8-4-16(5-9-18)20(25)24-12-10-23(11-13-24)19(14-22)15-2-6-17(21)7-3-15/h2-9,19H,10-13H2,1H3. The van der Waals surface area contributed by atoms with Crippen LogP contribution in [-0.2, 0) is 0 Å². The first-order valence-electron chi connectivity index (χ1n) is 8.45. The lowest BCUT2D eigenvalue weighted by atomic mass is 10.1. The summed E-state index contributed by atoms with van der Waals surface area (Å²) in [6.45, 7) is 2.28. The molecule has 2 aromatic rings. The molecule has 1 aliphatic heterocycles. The summed E-state index contributed by atoms with van der Waals surface area (Å²) in [5.74, 6) is 0.366. The molecule has 0 aromatic heterocycles. The number of rotatable bonds is 4. The molecule has 1 atom stereocenters. The molecule has 1 aliphatic rings. The van der Waals surface area contributed by atoms with Gasteiger partial charge in [0.1, 0.15) is 17.6 Å². The van der Waals surface area contributed by atoms with Gasteiger partial charge in [-0.25, -0.2) is 4.39 Å². The fraction of sp³-hybridized carbons (Fsp3) is 0.300. The van der Waals surface area contributed by atoms with Crippen molar-refractivity contribution >= 4 is 5.91 Å². The third-order valence-electron chi connectivity index (χ3n) is 4.61. The summed E-state index contributed by atoms with van der Waals surface area (Å²) in [5.41, 5.74) is 1.39. The van der Waals surface area contributed by atoms with E-state index in [9.17, 15) is 14.4 Å². The Kier molecular flexibility index (Phi) is 5.49. The maximum Gasteiger partial charge on any atom is 0.253 e. The van der Waals surface area contributed by atoms with Crippen molar-refractivity contribution in [3.63, 3.8) is 0 Å². The number of hydrogen-bond donors (Lipinski definition) is 0. The third kappa shape index (κ3) is 3.84. The van der Waals surface area contributed by atoms with Crippen molar-refractivity contribution in [1.82, 2.24) is 9.80 Å². The molecule has 6 heteroatoms. The van der Waals surface area contributed by atoms with Crippen molar-refractivity contribution in [2.45, 2.75) is 6.04 Å². The van der Waals surface area contributed by atoms with Gasteiger partial charge in [0.25, 0.3) is 5.91 Å². The predicted octanol–water partition coefficient (Wildman–Crippen LogP) is 2.86.